The van der Waals surface area contributed by atoms with Crippen LogP contribution in [0.5, 0.6) is 0 Å². The highest BCUT2D eigenvalue weighted by Crippen LogP contribution is 2.43. The molecular formula is C16H16Cl2N2O4. The number of nitrogens with one attached hydrogen (secondary N) is 1. The van der Waals surface area contributed by atoms with Gasteiger partial charge in [0, 0.05) is 28.2 Å². The van der Waals surface area contributed by atoms with Crippen LogP contribution in [0.4, 0.5) is 0 Å². The van der Waals surface area contributed by atoms with E-state index >= 15 is 0 Å². The molecule has 0 saturated heterocycles. The van der Waals surface area contributed by atoms with Crippen LogP contribution in [0.25, 0.3) is 0 Å². The minimum Gasteiger partial charge on any atom is -0.466 e. The molecule has 0 spiro atoms. The van der Waals surface area contributed by atoms with Crippen molar-refractivity contribution in [2.75, 3.05) is 14.2 Å². The lowest BCUT2D eigenvalue weighted by Gasteiger charge is -2.30. The fourth-order valence-corrected chi connectivity index (χ4v) is 3.30. The molecule has 1 aromatic rings. The standard InChI is InChI=1S/C16H16Cl2N2O4/c1-7-10(15(21)23-3)13(11(8(2)20-7)16(22)24-4)12-9(17)5-6-19-14(12)18/h5-6,13,20H,1-4H3. The minimum absolute atomic E-state index is 0.0952. The summed E-state index contributed by atoms with van der Waals surface area (Å²) in [7, 11) is 2.52. The third kappa shape index (κ3) is 3.12. The molecule has 0 bridgehead atoms. The number of hydrogen-bond donors (Lipinski definition) is 1. The van der Waals surface area contributed by atoms with Crippen LogP contribution in [0, 0.1) is 0 Å². The Hall–Kier alpha value is -2.05. The van der Waals surface area contributed by atoms with Gasteiger partial charge in [0.25, 0.3) is 0 Å². The van der Waals surface area contributed by atoms with Gasteiger partial charge >= 0.3 is 11.9 Å². The molecule has 0 atom stereocenters. The van der Waals surface area contributed by atoms with Crippen LogP contribution in [-0.2, 0) is 19.1 Å². The number of rotatable bonds is 3. The Morgan fingerprint density at radius 3 is 2.00 bits per heavy atom. The van der Waals surface area contributed by atoms with Crippen LogP contribution >= 0.6 is 23.2 Å². The number of esters is 2. The molecule has 2 rings (SSSR count). The molecule has 6 nitrogen and oxygen atoms in total. The topological polar surface area (TPSA) is 77.5 Å². The van der Waals surface area contributed by atoms with Crippen molar-refractivity contribution in [3.63, 3.8) is 0 Å². The Morgan fingerprint density at radius 1 is 1.08 bits per heavy atom. The Morgan fingerprint density at radius 2 is 1.58 bits per heavy atom. The SMILES string of the molecule is COC(=O)C1=C(C)NC(C)=C(C(=O)OC)C1c1c(Cl)ccnc1Cl. The van der Waals surface area contributed by atoms with Gasteiger partial charge in [0.1, 0.15) is 5.15 Å². The molecule has 0 aromatic carbocycles. The molecule has 0 saturated carbocycles. The van der Waals surface area contributed by atoms with E-state index in [1.807, 2.05) is 0 Å². The second-order valence-electron chi connectivity index (χ2n) is 5.12. The third-order valence-corrected chi connectivity index (χ3v) is 4.38. The lowest BCUT2D eigenvalue weighted by atomic mass is 9.81. The monoisotopic (exact) mass is 370 g/mol. The van der Waals surface area contributed by atoms with E-state index < -0.39 is 17.9 Å². The van der Waals surface area contributed by atoms with E-state index in [4.69, 9.17) is 32.7 Å². The number of aromatic nitrogens is 1. The summed E-state index contributed by atoms with van der Waals surface area (Å²) < 4.78 is 9.74. The van der Waals surface area contributed by atoms with Gasteiger partial charge in [0.05, 0.1) is 31.3 Å². The van der Waals surface area contributed by atoms with Crippen molar-refractivity contribution in [1.29, 1.82) is 0 Å². The molecule has 1 N–H and O–H groups in total. The highest BCUT2D eigenvalue weighted by Gasteiger charge is 2.39. The predicted octanol–water partition coefficient (Wildman–Crippen LogP) is 2.97. The van der Waals surface area contributed by atoms with E-state index in [1.54, 1.807) is 19.9 Å². The van der Waals surface area contributed by atoms with Gasteiger partial charge in [0.2, 0.25) is 0 Å². The number of ether oxygens (including phenoxy) is 2. The minimum atomic E-state index is -0.847. The van der Waals surface area contributed by atoms with Gasteiger partial charge in [-0.1, -0.05) is 23.2 Å². The Balaban J connectivity index is 2.80. The Bertz CT molecular complexity index is 713. The number of hydrogen-bond acceptors (Lipinski definition) is 6. The molecule has 8 heteroatoms. The summed E-state index contributed by atoms with van der Waals surface area (Å²) in [6, 6.07) is 1.54. The zero-order valence-corrected chi connectivity index (χ0v) is 15.1. The summed E-state index contributed by atoms with van der Waals surface area (Å²) in [5.41, 5.74) is 1.86. The molecule has 2 heterocycles. The van der Waals surface area contributed by atoms with Crippen LogP contribution in [0.15, 0.2) is 34.8 Å². The summed E-state index contributed by atoms with van der Waals surface area (Å²) in [6.45, 7) is 3.41. The molecule has 24 heavy (non-hydrogen) atoms. The molecule has 0 unspecified atom stereocenters. The fraction of sp³-hybridized carbons (Fsp3) is 0.312. The van der Waals surface area contributed by atoms with Gasteiger partial charge in [0.15, 0.2) is 0 Å². The van der Waals surface area contributed by atoms with Crippen molar-refractivity contribution >= 4 is 35.1 Å². The molecule has 1 aliphatic heterocycles. The molecule has 0 aliphatic carbocycles. The van der Waals surface area contributed by atoms with E-state index in [2.05, 4.69) is 10.3 Å². The maximum absolute atomic E-state index is 12.3. The lowest BCUT2D eigenvalue weighted by molar-refractivity contribution is -0.137. The lowest BCUT2D eigenvalue weighted by Crippen LogP contribution is -2.32. The van der Waals surface area contributed by atoms with Gasteiger partial charge in [-0.3, -0.25) is 0 Å². The van der Waals surface area contributed by atoms with E-state index in [1.165, 1.54) is 20.4 Å². The van der Waals surface area contributed by atoms with Crippen molar-refractivity contribution in [2.24, 2.45) is 0 Å². The first-order chi connectivity index (χ1) is 11.3. The van der Waals surface area contributed by atoms with Crippen LogP contribution in [0.3, 0.4) is 0 Å². The van der Waals surface area contributed by atoms with E-state index in [9.17, 15) is 9.59 Å². The van der Waals surface area contributed by atoms with E-state index in [0.717, 1.165) is 0 Å². The van der Waals surface area contributed by atoms with Crippen LogP contribution in [-0.4, -0.2) is 31.1 Å². The second-order valence-corrected chi connectivity index (χ2v) is 5.88. The number of carbonyl (C=O) groups excluding carboxylic acids is 2. The van der Waals surface area contributed by atoms with Crippen molar-refractivity contribution in [2.45, 2.75) is 19.8 Å². The summed E-state index contributed by atoms with van der Waals surface area (Å²) in [5, 5.41) is 3.38. The smallest absolute Gasteiger partial charge is 0.336 e. The average Bonchev–Trinajstić information content (AvgIpc) is 2.53. The maximum atomic E-state index is 12.3. The summed E-state index contributed by atoms with van der Waals surface area (Å²) >= 11 is 12.5. The molecular weight excluding hydrogens is 355 g/mol. The average molecular weight is 371 g/mol. The number of dihydropyridines is 1. The highest BCUT2D eigenvalue weighted by molar-refractivity contribution is 6.35. The highest BCUT2D eigenvalue weighted by atomic mass is 35.5. The molecule has 1 aromatic heterocycles. The van der Waals surface area contributed by atoms with Gasteiger partial charge < -0.3 is 14.8 Å². The molecule has 0 amide bonds. The summed E-state index contributed by atoms with van der Waals surface area (Å²) in [6.07, 6.45) is 1.44. The molecule has 0 fully saturated rings. The van der Waals surface area contributed by atoms with E-state index in [-0.39, 0.29) is 21.3 Å². The van der Waals surface area contributed by atoms with Crippen molar-refractivity contribution in [3.05, 3.63) is 50.5 Å². The molecule has 1 aliphatic rings. The van der Waals surface area contributed by atoms with Gasteiger partial charge in [-0.05, 0) is 19.9 Å². The molecule has 0 radical (unpaired) electrons. The number of allylic oxidation sites excluding steroid dienone is 2. The van der Waals surface area contributed by atoms with Gasteiger partial charge in [-0.15, -0.1) is 0 Å². The maximum Gasteiger partial charge on any atom is 0.336 e. The van der Waals surface area contributed by atoms with Crippen LogP contribution < -0.4 is 5.32 Å². The number of halogens is 2. The number of carbonyl (C=O) groups is 2. The fourth-order valence-electron chi connectivity index (χ4n) is 2.73. The summed E-state index contributed by atoms with van der Waals surface area (Å²) in [4.78, 5) is 28.7. The normalized spacial score (nSPS) is 15.2. The van der Waals surface area contributed by atoms with Crippen LogP contribution in [0.1, 0.15) is 25.3 Å². The Labute approximate surface area is 149 Å². The Kier molecular flexibility index (Phi) is 5.51. The quantitative estimate of drug-likeness (QED) is 0.650. The number of pyridine rings is 1. The van der Waals surface area contributed by atoms with Gasteiger partial charge in [-0.25, -0.2) is 14.6 Å². The zero-order valence-electron chi connectivity index (χ0n) is 13.6. The van der Waals surface area contributed by atoms with Gasteiger partial charge in [-0.2, -0.15) is 0 Å². The number of nitrogens with zero attached hydrogens (tertiary/aromatic N) is 1. The predicted molar refractivity (Wildman–Crippen MR) is 89.6 cm³/mol. The van der Waals surface area contributed by atoms with Crippen LogP contribution in [0.2, 0.25) is 10.2 Å². The first-order valence-corrected chi connectivity index (χ1v) is 7.74. The number of methoxy groups -OCH3 is 2. The largest absolute Gasteiger partial charge is 0.466 e. The second kappa shape index (κ2) is 7.23. The molecule has 128 valence electrons. The van der Waals surface area contributed by atoms with E-state index in [0.29, 0.717) is 17.0 Å². The van der Waals surface area contributed by atoms with Crippen molar-refractivity contribution in [3.8, 4) is 0 Å². The first-order valence-electron chi connectivity index (χ1n) is 6.98. The summed E-state index contributed by atoms with van der Waals surface area (Å²) in [5.74, 6) is -2.05. The third-order valence-electron chi connectivity index (χ3n) is 3.75. The van der Waals surface area contributed by atoms with Crippen molar-refractivity contribution < 1.29 is 19.1 Å². The zero-order chi connectivity index (χ0) is 18.0. The van der Waals surface area contributed by atoms with Crippen molar-refractivity contribution in [1.82, 2.24) is 10.3 Å². The first kappa shape index (κ1) is 18.3.